The van der Waals surface area contributed by atoms with Crippen molar-refractivity contribution in [2.75, 3.05) is 13.1 Å². The monoisotopic (exact) mass is 356 g/mol. The summed E-state index contributed by atoms with van der Waals surface area (Å²) in [5, 5.41) is 3.00. The van der Waals surface area contributed by atoms with Gasteiger partial charge in [-0.1, -0.05) is 12.1 Å². The molecule has 6 nitrogen and oxygen atoms in total. The minimum Gasteiger partial charge on any atom is -0.427 e. The maximum absolute atomic E-state index is 12.4. The molecule has 0 unspecified atom stereocenters. The van der Waals surface area contributed by atoms with Gasteiger partial charge in [-0.15, -0.1) is 0 Å². The smallest absolute Gasteiger partial charge is 0.308 e. The Kier molecular flexibility index (Phi) is 5.71. The topological polar surface area (TPSA) is 75.7 Å². The summed E-state index contributed by atoms with van der Waals surface area (Å²) < 4.78 is 5.01. The molecule has 1 aliphatic carbocycles. The van der Waals surface area contributed by atoms with Crippen LogP contribution in [0.15, 0.2) is 36.4 Å². The van der Waals surface area contributed by atoms with Crippen LogP contribution in [-0.4, -0.2) is 41.8 Å². The van der Waals surface area contributed by atoms with Gasteiger partial charge in [0.1, 0.15) is 5.75 Å². The van der Waals surface area contributed by atoms with E-state index in [1.54, 1.807) is 30.3 Å². The molecule has 1 saturated carbocycles. The first-order valence-corrected chi connectivity index (χ1v) is 9.08. The van der Waals surface area contributed by atoms with Crippen LogP contribution in [0, 0.1) is 5.92 Å². The number of piperidine rings is 1. The quantitative estimate of drug-likeness (QED) is 0.499. The third-order valence-electron chi connectivity index (χ3n) is 4.63. The lowest BCUT2D eigenvalue weighted by Gasteiger charge is -2.31. The number of nitrogens with zero attached hydrogens (tertiary/aromatic N) is 1. The highest BCUT2D eigenvalue weighted by Gasteiger charge is 2.24. The van der Waals surface area contributed by atoms with Gasteiger partial charge in [-0.05, 0) is 55.9 Å². The molecule has 1 N–H and O–H groups in total. The molecule has 1 aliphatic heterocycles. The number of rotatable bonds is 5. The largest absolute Gasteiger partial charge is 0.427 e. The Hall–Kier alpha value is -2.63. The number of carbonyl (C=O) groups excluding carboxylic acids is 3. The summed E-state index contributed by atoms with van der Waals surface area (Å²) in [6.45, 7) is 2.61. The summed E-state index contributed by atoms with van der Waals surface area (Å²) in [5.41, 5.74) is 0.453. The van der Waals surface area contributed by atoms with E-state index in [1.165, 1.54) is 19.8 Å². The molecule has 0 bridgehead atoms. The standard InChI is InChI=1S/C20H24N2O4/c1-14(23)26-18-4-2-3-16(13-18)20(25)21-17-9-11-22(12-10-17)19(24)8-7-15-5-6-15/h2-4,7-8,13,15,17H,5-6,9-12H2,1H3,(H,21,25)/b8-7+. The Morgan fingerprint density at radius 1 is 1.15 bits per heavy atom. The predicted octanol–water partition coefficient (Wildman–Crippen LogP) is 2.30. The first-order chi connectivity index (χ1) is 12.5. The number of allylic oxidation sites excluding steroid dienone is 1. The normalized spacial score (nSPS) is 18.0. The van der Waals surface area contributed by atoms with Gasteiger partial charge in [0.25, 0.3) is 5.91 Å². The zero-order valence-corrected chi connectivity index (χ0v) is 14.9. The Bertz CT molecular complexity index is 716. The van der Waals surface area contributed by atoms with Crippen LogP contribution in [0.4, 0.5) is 0 Å². The molecule has 138 valence electrons. The molecular weight excluding hydrogens is 332 g/mol. The maximum atomic E-state index is 12.4. The SMILES string of the molecule is CC(=O)Oc1cccc(C(=O)NC2CCN(C(=O)/C=C/C3CC3)CC2)c1. The maximum Gasteiger partial charge on any atom is 0.308 e. The van der Waals surface area contributed by atoms with Crippen LogP contribution in [0.25, 0.3) is 0 Å². The van der Waals surface area contributed by atoms with E-state index >= 15 is 0 Å². The molecule has 1 heterocycles. The average Bonchev–Trinajstić information content (AvgIpc) is 3.44. The number of likely N-dealkylation sites (tertiary alicyclic amines) is 1. The number of amides is 2. The lowest BCUT2D eigenvalue weighted by Crippen LogP contribution is -2.46. The van der Waals surface area contributed by atoms with Gasteiger partial charge in [-0.25, -0.2) is 0 Å². The van der Waals surface area contributed by atoms with Gasteiger partial charge in [0.15, 0.2) is 0 Å². The molecule has 1 aromatic rings. The number of carbonyl (C=O) groups is 3. The second kappa shape index (κ2) is 8.17. The van der Waals surface area contributed by atoms with E-state index in [0.29, 0.717) is 30.3 Å². The highest BCUT2D eigenvalue weighted by atomic mass is 16.5. The first-order valence-electron chi connectivity index (χ1n) is 9.08. The Morgan fingerprint density at radius 3 is 2.54 bits per heavy atom. The second-order valence-electron chi connectivity index (χ2n) is 6.89. The summed E-state index contributed by atoms with van der Waals surface area (Å²) in [5.74, 6) is 0.398. The van der Waals surface area contributed by atoms with Crippen LogP contribution in [0.2, 0.25) is 0 Å². The summed E-state index contributed by atoms with van der Waals surface area (Å²) in [6.07, 6.45) is 7.55. The lowest BCUT2D eigenvalue weighted by atomic mass is 10.0. The second-order valence-corrected chi connectivity index (χ2v) is 6.89. The van der Waals surface area contributed by atoms with Crippen LogP contribution >= 0.6 is 0 Å². The van der Waals surface area contributed by atoms with Crippen LogP contribution in [0.3, 0.4) is 0 Å². The molecular formula is C20H24N2O4. The van der Waals surface area contributed by atoms with Crippen LogP contribution in [-0.2, 0) is 9.59 Å². The van der Waals surface area contributed by atoms with Gasteiger partial charge in [0.2, 0.25) is 5.91 Å². The van der Waals surface area contributed by atoms with Gasteiger partial charge in [-0.2, -0.15) is 0 Å². The summed E-state index contributed by atoms with van der Waals surface area (Å²) in [6, 6.07) is 6.59. The number of ether oxygens (including phenoxy) is 1. The zero-order chi connectivity index (χ0) is 18.5. The third-order valence-corrected chi connectivity index (χ3v) is 4.63. The van der Waals surface area contributed by atoms with Crippen molar-refractivity contribution in [2.45, 2.75) is 38.6 Å². The van der Waals surface area contributed by atoms with E-state index in [1.807, 2.05) is 11.0 Å². The van der Waals surface area contributed by atoms with Gasteiger partial charge >= 0.3 is 5.97 Å². The predicted molar refractivity (Wildman–Crippen MR) is 96.7 cm³/mol. The fraction of sp³-hybridized carbons (Fsp3) is 0.450. The third kappa shape index (κ3) is 5.18. The van der Waals surface area contributed by atoms with Gasteiger partial charge in [-0.3, -0.25) is 14.4 Å². The molecule has 1 aromatic carbocycles. The van der Waals surface area contributed by atoms with Crippen molar-refractivity contribution in [3.63, 3.8) is 0 Å². The molecule has 0 spiro atoms. The van der Waals surface area contributed by atoms with Crippen LogP contribution in [0.5, 0.6) is 5.75 Å². The van der Waals surface area contributed by atoms with E-state index in [4.69, 9.17) is 4.74 Å². The Morgan fingerprint density at radius 2 is 1.88 bits per heavy atom. The summed E-state index contributed by atoms with van der Waals surface area (Å²) in [7, 11) is 0. The number of nitrogens with one attached hydrogen (secondary N) is 1. The summed E-state index contributed by atoms with van der Waals surface area (Å²) in [4.78, 5) is 37.4. The van der Waals surface area contributed by atoms with Crippen molar-refractivity contribution in [3.8, 4) is 5.75 Å². The molecule has 1 saturated heterocycles. The fourth-order valence-electron chi connectivity index (χ4n) is 2.99. The van der Waals surface area contributed by atoms with Crippen molar-refractivity contribution < 1.29 is 19.1 Å². The number of esters is 1. The molecule has 0 radical (unpaired) electrons. The average molecular weight is 356 g/mol. The zero-order valence-electron chi connectivity index (χ0n) is 14.9. The van der Waals surface area contributed by atoms with Crippen LogP contribution < -0.4 is 10.1 Å². The first kappa shape index (κ1) is 18.2. The molecule has 2 amide bonds. The Balaban J connectivity index is 1.48. The minimum absolute atomic E-state index is 0.0383. The molecule has 0 aromatic heterocycles. The number of hydrogen-bond acceptors (Lipinski definition) is 4. The van der Waals surface area contributed by atoms with Crippen molar-refractivity contribution in [2.24, 2.45) is 5.92 Å². The highest BCUT2D eigenvalue weighted by molar-refractivity contribution is 5.95. The van der Waals surface area contributed by atoms with Crippen LogP contribution in [0.1, 0.15) is 43.0 Å². The van der Waals surface area contributed by atoms with Gasteiger partial charge in [0, 0.05) is 31.6 Å². The lowest BCUT2D eigenvalue weighted by molar-refractivity contribution is -0.132. The number of benzene rings is 1. The summed E-state index contributed by atoms with van der Waals surface area (Å²) >= 11 is 0. The van der Waals surface area contributed by atoms with Crippen molar-refractivity contribution in [3.05, 3.63) is 42.0 Å². The number of hydrogen-bond donors (Lipinski definition) is 1. The van der Waals surface area contributed by atoms with Gasteiger partial charge in [0.05, 0.1) is 0 Å². The van der Waals surface area contributed by atoms with Gasteiger partial charge < -0.3 is 15.0 Å². The molecule has 26 heavy (non-hydrogen) atoms. The molecule has 0 atom stereocenters. The van der Waals surface area contributed by atoms with E-state index in [9.17, 15) is 14.4 Å². The van der Waals surface area contributed by atoms with E-state index < -0.39 is 5.97 Å². The molecule has 6 heteroatoms. The highest BCUT2D eigenvalue weighted by Crippen LogP contribution is 2.30. The minimum atomic E-state index is -0.421. The van der Waals surface area contributed by atoms with Crippen molar-refractivity contribution in [1.82, 2.24) is 10.2 Å². The van der Waals surface area contributed by atoms with E-state index in [2.05, 4.69) is 5.32 Å². The van der Waals surface area contributed by atoms with Crippen molar-refractivity contribution in [1.29, 1.82) is 0 Å². The molecule has 2 fully saturated rings. The molecule has 2 aliphatic rings. The van der Waals surface area contributed by atoms with Crippen molar-refractivity contribution >= 4 is 17.8 Å². The Labute approximate surface area is 153 Å². The fourth-order valence-corrected chi connectivity index (χ4v) is 2.99. The molecule has 3 rings (SSSR count). The van der Waals surface area contributed by atoms with E-state index in [-0.39, 0.29) is 17.9 Å². The van der Waals surface area contributed by atoms with E-state index in [0.717, 1.165) is 12.8 Å².